The lowest BCUT2D eigenvalue weighted by molar-refractivity contribution is 0.132. The van der Waals surface area contributed by atoms with Crippen molar-refractivity contribution in [1.82, 2.24) is 10.6 Å². The SMILES string of the molecule is CNCC(O)C(Cc1ccccc1)NC(=O)S. The van der Waals surface area contributed by atoms with Crippen molar-refractivity contribution in [2.24, 2.45) is 0 Å². The molecule has 0 bridgehead atoms. The molecule has 3 N–H and O–H groups in total. The fourth-order valence-corrected chi connectivity index (χ4v) is 1.83. The van der Waals surface area contributed by atoms with E-state index in [0.29, 0.717) is 13.0 Å². The molecule has 0 aromatic heterocycles. The van der Waals surface area contributed by atoms with Crippen LogP contribution in [0.25, 0.3) is 0 Å². The van der Waals surface area contributed by atoms with E-state index in [9.17, 15) is 9.90 Å². The van der Waals surface area contributed by atoms with Crippen LogP contribution in [0.15, 0.2) is 30.3 Å². The predicted molar refractivity (Wildman–Crippen MR) is 71.4 cm³/mol. The van der Waals surface area contributed by atoms with Crippen molar-refractivity contribution in [2.45, 2.75) is 18.6 Å². The summed E-state index contributed by atoms with van der Waals surface area (Å²) in [6.45, 7) is 0.422. The number of rotatable bonds is 6. The van der Waals surface area contributed by atoms with Gasteiger partial charge in [0, 0.05) is 6.54 Å². The number of thiol groups is 1. The van der Waals surface area contributed by atoms with Crippen LogP contribution in [0.3, 0.4) is 0 Å². The van der Waals surface area contributed by atoms with E-state index < -0.39 is 11.3 Å². The summed E-state index contributed by atoms with van der Waals surface area (Å²) in [7, 11) is 1.76. The fourth-order valence-electron chi connectivity index (χ4n) is 1.66. The van der Waals surface area contributed by atoms with Gasteiger partial charge in [-0.05, 0) is 19.0 Å². The monoisotopic (exact) mass is 254 g/mol. The maximum Gasteiger partial charge on any atom is 0.276 e. The smallest absolute Gasteiger partial charge is 0.276 e. The Morgan fingerprint density at radius 1 is 1.41 bits per heavy atom. The van der Waals surface area contributed by atoms with E-state index in [-0.39, 0.29) is 6.04 Å². The second-order valence-electron chi connectivity index (χ2n) is 3.87. The average Bonchev–Trinajstić information content (AvgIpc) is 2.29. The Hall–Kier alpha value is -1.04. The number of aliphatic hydroxyl groups excluding tert-OH is 1. The molecule has 1 aromatic carbocycles. The van der Waals surface area contributed by atoms with Crippen molar-refractivity contribution in [3.8, 4) is 0 Å². The lowest BCUT2D eigenvalue weighted by atomic mass is 10.0. The van der Waals surface area contributed by atoms with Gasteiger partial charge in [-0.3, -0.25) is 4.79 Å². The summed E-state index contributed by atoms with van der Waals surface area (Å²) in [5.41, 5.74) is 1.06. The summed E-state index contributed by atoms with van der Waals surface area (Å²) in [5, 5.41) is 15.0. The first-order chi connectivity index (χ1) is 8.13. The van der Waals surface area contributed by atoms with E-state index in [2.05, 4.69) is 23.3 Å². The van der Waals surface area contributed by atoms with E-state index >= 15 is 0 Å². The number of carbonyl (C=O) groups is 1. The second-order valence-corrected chi connectivity index (χ2v) is 4.28. The third-order valence-corrected chi connectivity index (χ3v) is 2.61. The summed E-state index contributed by atoms with van der Waals surface area (Å²) in [6, 6.07) is 9.38. The van der Waals surface area contributed by atoms with Gasteiger partial charge in [0.25, 0.3) is 5.24 Å². The first-order valence-electron chi connectivity index (χ1n) is 5.49. The van der Waals surface area contributed by atoms with Gasteiger partial charge in [0.05, 0.1) is 12.1 Å². The molecule has 0 spiro atoms. The molecule has 0 saturated heterocycles. The Kier molecular flexibility index (Phi) is 6.04. The van der Waals surface area contributed by atoms with Crippen molar-refractivity contribution in [3.63, 3.8) is 0 Å². The molecular formula is C12H18N2O2S. The molecule has 0 saturated carbocycles. The maximum atomic E-state index is 11.0. The van der Waals surface area contributed by atoms with Gasteiger partial charge in [0.1, 0.15) is 0 Å². The Labute approximate surface area is 107 Å². The van der Waals surface area contributed by atoms with Gasteiger partial charge in [0.2, 0.25) is 0 Å². The van der Waals surface area contributed by atoms with Crippen LogP contribution in [0.5, 0.6) is 0 Å². The highest BCUT2D eigenvalue weighted by Gasteiger charge is 2.19. The molecule has 2 unspecified atom stereocenters. The number of carbonyl (C=O) groups excluding carboxylic acids is 1. The van der Waals surface area contributed by atoms with Crippen LogP contribution in [0, 0.1) is 0 Å². The predicted octanol–water partition coefficient (Wildman–Crippen LogP) is 0.817. The van der Waals surface area contributed by atoms with Gasteiger partial charge in [-0.25, -0.2) is 0 Å². The molecule has 1 amide bonds. The zero-order valence-corrected chi connectivity index (χ0v) is 10.7. The van der Waals surface area contributed by atoms with Gasteiger partial charge in [-0.2, -0.15) is 0 Å². The zero-order valence-electron chi connectivity index (χ0n) is 9.76. The van der Waals surface area contributed by atoms with Gasteiger partial charge < -0.3 is 15.7 Å². The molecular weight excluding hydrogens is 236 g/mol. The molecule has 1 rings (SSSR count). The summed E-state index contributed by atoms with van der Waals surface area (Å²) in [6.07, 6.45) is -0.0630. The number of nitrogens with one attached hydrogen (secondary N) is 2. The summed E-state index contributed by atoms with van der Waals surface area (Å²) < 4.78 is 0. The molecule has 4 nitrogen and oxygen atoms in total. The molecule has 0 heterocycles. The Morgan fingerprint density at radius 2 is 2.06 bits per heavy atom. The van der Waals surface area contributed by atoms with E-state index in [0.717, 1.165) is 5.56 Å². The highest BCUT2D eigenvalue weighted by Crippen LogP contribution is 2.06. The molecule has 0 aliphatic carbocycles. The molecule has 17 heavy (non-hydrogen) atoms. The zero-order chi connectivity index (χ0) is 12.7. The fraction of sp³-hybridized carbons (Fsp3) is 0.417. The number of aliphatic hydroxyl groups is 1. The van der Waals surface area contributed by atoms with Crippen molar-refractivity contribution in [2.75, 3.05) is 13.6 Å². The minimum absolute atomic E-state index is 0.338. The van der Waals surface area contributed by atoms with Crippen molar-refractivity contribution >= 4 is 17.9 Å². The van der Waals surface area contributed by atoms with E-state index in [1.54, 1.807) is 7.05 Å². The van der Waals surface area contributed by atoms with E-state index in [1.165, 1.54) is 0 Å². The van der Waals surface area contributed by atoms with Gasteiger partial charge in [-0.15, -0.1) is 0 Å². The van der Waals surface area contributed by atoms with Crippen LogP contribution in [0.1, 0.15) is 5.56 Å². The third kappa shape index (κ3) is 5.21. The number of likely N-dealkylation sites (N-methyl/N-ethyl adjacent to an activating group) is 1. The minimum Gasteiger partial charge on any atom is -0.390 e. The van der Waals surface area contributed by atoms with E-state index in [4.69, 9.17) is 0 Å². The second kappa shape index (κ2) is 7.32. The number of hydrogen-bond donors (Lipinski definition) is 4. The molecule has 94 valence electrons. The molecule has 2 atom stereocenters. The maximum absolute atomic E-state index is 11.0. The summed E-state index contributed by atoms with van der Waals surface area (Å²) in [5.74, 6) is 0. The molecule has 0 aliphatic rings. The molecule has 1 aromatic rings. The first kappa shape index (κ1) is 14.0. The van der Waals surface area contributed by atoms with Crippen LogP contribution in [0.4, 0.5) is 4.79 Å². The lowest BCUT2D eigenvalue weighted by Gasteiger charge is -2.23. The summed E-state index contributed by atoms with van der Waals surface area (Å²) >= 11 is 3.69. The lowest BCUT2D eigenvalue weighted by Crippen LogP contribution is -2.46. The van der Waals surface area contributed by atoms with Crippen molar-refractivity contribution in [3.05, 3.63) is 35.9 Å². The van der Waals surface area contributed by atoms with Crippen LogP contribution >= 0.6 is 12.6 Å². The van der Waals surface area contributed by atoms with Crippen LogP contribution in [-0.2, 0) is 6.42 Å². The van der Waals surface area contributed by atoms with Gasteiger partial charge >= 0.3 is 0 Å². The third-order valence-electron chi connectivity index (χ3n) is 2.49. The normalized spacial score (nSPS) is 14.1. The Morgan fingerprint density at radius 3 is 2.59 bits per heavy atom. The van der Waals surface area contributed by atoms with Crippen LogP contribution in [0.2, 0.25) is 0 Å². The minimum atomic E-state index is -0.642. The first-order valence-corrected chi connectivity index (χ1v) is 5.94. The molecule has 5 heteroatoms. The standard InChI is InChI=1S/C12H18N2O2S/c1-13-8-11(15)10(14-12(16)17)7-9-5-3-2-4-6-9/h2-6,10-11,13,15H,7-8H2,1H3,(H2,14,16,17). The largest absolute Gasteiger partial charge is 0.390 e. The summed E-state index contributed by atoms with van der Waals surface area (Å²) in [4.78, 5) is 11.0. The van der Waals surface area contributed by atoms with Crippen LogP contribution in [-0.4, -0.2) is 36.1 Å². The topological polar surface area (TPSA) is 61.4 Å². The van der Waals surface area contributed by atoms with Gasteiger partial charge in [0.15, 0.2) is 0 Å². The quantitative estimate of drug-likeness (QED) is 0.568. The van der Waals surface area contributed by atoms with Crippen molar-refractivity contribution in [1.29, 1.82) is 0 Å². The van der Waals surface area contributed by atoms with E-state index in [1.807, 2.05) is 30.3 Å². The Bertz CT molecular complexity index is 346. The van der Waals surface area contributed by atoms with Crippen molar-refractivity contribution < 1.29 is 9.90 Å². The number of hydrogen-bond acceptors (Lipinski definition) is 3. The highest BCUT2D eigenvalue weighted by atomic mass is 32.1. The number of amides is 1. The number of benzene rings is 1. The highest BCUT2D eigenvalue weighted by molar-refractivity contribution is 7.96. The Balaban J connectivity index is 2.66. The van der Waals surface area contributed by atoms with Crippen LogP contribution < -0.4 is 10.6 Å². The molecule has 0 aliphatic heterocycles. The molecule has 0 radical (unpaired) electrons. The van der Waals surface area contributed by atoms with Gasteiger partial charge in [-0.1, -0.05) is 43.0 Å². The average molecular weight is 254 g/mol. The molecule has 0 fully saturated rings.